The van der Waals surface area contributed by atoms with Crippen LogP contribution in [-0.4, -0.2) is 22.7 Å². The van der Waals surface area contributed by atoms with E-state index in [1.54, 1.807) is 0 Å². The molecular formula is C13H16N2O2S. The number of hydrogen-bond donors (Lipinski definition) is 1. The number of amides is 1. The zero-order valence-electron chi connectivity index (χ0n) is 10.5. The minimum absolute atomic E-state index is 0.0107. The van der Waals surface area contributed by atoms with E-state index in [0.717, 1.165) is 17.5 Å². The first-order valence-electron chi connectivity index (χ1n) is 5.96. The van der Waals surface area contributed by atoms with E-state index in [0.29, 0.717) is 11.0 Å². The van der Waals surface area contributed by atoms with Crippen molar-refractivity contribution in [2.45, 2.75) is 31.5 Å². The molecule has 0 radical (unpaired) electrons. The Balaban J connectivity index is 1.92. The standard InChI is InChI=1S/C13H16N2O2S/c1-3-9(2)14-12(16)8-18-13-15-10-6-4-5-7-11(10)17-13/h4-7,9H,3,8H2,1-2H3,(H,14,16)/t9-/m1/s1. The van der Waals surface area contributed by atoms with Crippen LogP contribution in [0.25, 0.3) is 11.1 Å². The lowest BCUT2D eigenvalue weighted by Crippen LogP contribution is -2.33. The smallest absolute Gasteiger partial charge is 0.257 e. The normalized spacial score (nSPS) is 12.6. The van der Waals surface area contributed by atoms with Crippen LogP contribution in [0, 0.1) is 0 Å². The van der Waals surface area contributed by atoms with E-state index in [-0.39, 0.29) is 11.9 Å². The average molecular weight is 264 g/mol. The number of para-hydroxylation sites is 2. The third kappa shape index (κ3) is 3.26. The molecule has 1 amide bonds. The molecule has 1 atom stereocenters. The van der Waals surface area contributed by atoms with Crippen molar-refractivity contribution in [3.8, 4) is 0 Å². The zero-order chi connectivity index (χ0) is 13.0. The van der Waals surface area contributed by atoms with Gasteiger partial charge in [-0.25, -0.2) is 4.98 Å². The molecule has 1 aromatic carbocycles. The summed E-state index contributed by atoms with van der Waals surface area (Å²) >= 11 is 1.32. The van der Waals surface area contributed by atoms with Crippen LogP contribution >= 0.6 is 11.8 Å². The van der Waals surface area contributed by atoms with E-state index in [2.05, 4.69) is 10.3 Å². The summed E-state index contributed by atoms with van der Waals surface area (Å²) in [6.07, 6.45) is 0.930. The van der Waals surface area contributed by atoms with Crippen LogP contribution < -0.4 is 5.32 Å². The molecule has 0 bridgehead atoms. The monoisotopic (exact) mass is 264 g/mol. The summed E-state index contributed by atoms with van der Waals surface area (Å²) < 4.78 is 5.52. The number of fused-ring (bicyclic) bond motifs is 1. The maximum absolute atomic E-state index is 11.6. The largest absolute Gasteiger partial charge is 0.431 e. The molecule has 1 heterocycles. The number of thioether (sulfide) groups is 1. The molecule has 1 aromatic heterocycles. The van der Waals surface area contributed by atoms with E-state index >= 15 is 0 Å². The van der Waals surface area contributed by atoms with E-state index < -0.39 is 0 Å². The van der Waals surface area contributed by atoms with Gasteiger partial charge in [0.05, 0.1) is 5.75 Å². The Morgan fingerprint density at radius 2 is 2.28 bits per heavy atom. The maximum Gasteiger partial charge on any atom is 0.257 e. The second-order valence-corrected chi connectivity index (χ2v) is 5.04. The number of benzene rings is 1. The van der Waals surface area contributed by atoms with Gasteiger partial charge in [-0.3, -0.25) is 4.79 Å². The van der Waals surface area contributed by atoms with Crippen molar-refractivity contribution in [2.24, 2.45) is 0 Å². The minimum Gasteiger partial charge on any atom is -0.431 e. The number of carbonyl (C=O) groups is 1. The second kappa shape index (κ2) is 5.91. The highest BCUT2D eigenvalue weighted by Crippen LogP contribution is 2.22. The number of carbonyl (C=O) groups excluding carboxylic acids is 1. The molecule has 2 aromatic rings. The summed E-state index contributed by atoms with van der Waals surface area (Å²) in [5, 5.41) is 3.44. The Morgan fingerprint density at radius 1 is 1.50 bits per heavy atom. The Kier molecular flexibility index (Phi) is 4.25. The minimum atomic E-state index is 0.0107. The highest BCUT2D eigenvalue weighted by Gasteiger charge is 2.10. The Bertz CT molecular complexity index is 506. The van der Waals surface area contributed by atoms with Crippen molar-refractivity contribution in [3.63, 3.8) is 0 Å². The van der Waals surface area contributed by atoms with E-state index in [1.807, 2.05) is 38.1 Å². The molecule has 0 aliphatic rings. The molecule has 4 nitrogen and oxygen atoms in total. The van der Waals surface area contributed by atoms with Gasteiger partial charge in [0, 0.05) is 6.04 Å². The predicted octanol–water partition coefficient (Wildman–Crippen LogP) is 2.83. The molecule has 0 spiro atoms. The van der Waals surface area contributed by atoms with Crippen LogP contribution in [0.3, 0.4) is 0 Å². The van der Waals surface area contributed by atoms with Crippen molar-refractivity contribution in [1.29, 1.82) is 0 Å². The van der Waals surface area contributed by atoms with E-state index in [4.69, 9.17) is 4.42 Å². The maximum atomic E-state index is 11.6. The molecule has 0 saturated carbocycles. The van der Waals surface area contributed by atoms with Crippen molar-refractivity contribution < 1.29 is 9.21 Å². The van der Waals surface area contributed by atoms with Crippen LogP contribution in [0.5, 0.6) is 0 Å². The first-order valence-corrected chi connectivity index (χ1v) is 6.95. The van der Waals surface area contributed by atoms with Crippen LogP contribution in [-0.2, 0) is 4.79 Å². The lowest BCUT2D eigenvalue weighted by atomic mass is 10.3. The molecule has 0 fully saturated rings. The molecule has 96 valence electrons. The topological polar surface area (TPSA) is 55.1 Å². The van der Waals surface area contributed by atoms with Gasteiger partial charge in [0.15, 0.2) is 5.58 Å². The van der Waals surface area contributed by atoms with Crippen LogP contribution in [0.1, 0.15) is 20.3 Å². The van der Waals surface area contributed by atoms with Gasteiger partial charge in [0.25, 0.3) is 5.22 Å². The summed E-state index contributed by atoms with van der Waals surface area (Å²) in [4.78, 5) is 15.9. The van der Waals surface area contributed by atoms with Crippen molar-refractivity contribution >= 4 is 28.8 Å². The summed E-state index contributed by atoms with van der Waals surface area (Å²) in [7, 11) is 0. The molecule has 0 saturated heterocycles. The quantitative estimate of drug-likeness (QED) is 0.844. The fourth-order valence-corrected chi connectivity index (χ4v) is 2.11. The molecule has 0 unspecified atom stereocenters. The number of rotatable bonds is 5. The van der Waals surface area contributed by atoms with Gasteiger partial charge >= 0.3 is 0 Å². The number of aromatic nitrogens is 1. The molecule has 0 aliphatic carbocycles. The van der Waals surface area contributed by atoms with Gasteiger partial charge < -0.3 is 9.73 Å². The lowest BCUT2D eigenvalue weighted by Gasteiger charge is -2.09. The van der Waals surface area contributed by atoms with E-state index in [9.17, 15) is 4.79 Å². The molecule has 18 heavy (non-hydrogen) atoms. The van der Waals surface area contributed by atoms with Crippen molar-refractivity contribution in [3.05, 3.63) is 24.3 Å². The fourth-order valence-electron chi connectivity index (χ4n) is 1.46. The number of nitrogens with one attached hydrogen (secondary N) is 1. The molecule has 5 heteroatoms. The van der Waals surface area contributed by atoms with Gasteiger partial charge in [-0.15, -0.1) is 0 Å². The van der Waals surface area contributed by atoms with Gasteiger partial charge in [-0.05, 0) is 25.5 Å². The van der Waals surface area contributed by atoms with Crippen molar-refractivity contribution in [2.75, 3.05) is 5.75 Å². The molecular weight excluding hydrogens is 248 g/mol. The summed E-state index contributed by atoms with van der Waals surface area (Å²) in [5.74, 6) is 0.341. The zero-order valence-corrected chi connectivity index (χ0v) is 11.3. The van der Waals surface area contributed by atoms with Crippen LogP contribution in [0.2, 0.25) is 0 Å². The molecule has 2 rings (SSSR count). The third-order valence-electron chi connectivity index (χ3n) is 2.62. The summed E-state index contributed by atoms with van der Waals surface area (Å²) in [5.41, 5.74) is 1.57. The average Bonchev–Trinajstić information content (AvgIpc) is 2.79. The highest BCUT2D eigenvalue weighted by molar-refractivity contribution is 7.99. The Hall–Kier alpha value is -1.49. The van der Waals surface area contributed by atoms with Gasteiger partial charge in [-0.1, -0.05) is 30.8 Å². The summed E-state index contributed by atoms with van der Waals surface area (Å²) in [6, 6.07) is 7.78. The molecule has 0 aliphatic heterocycles. The first-order chi connectivity index (χ1) is 8.69. The SMILES string of the molecule is CC[C@@H](C)NC(=O)CSc1nc2ccccc2o1. The van der Waals surface area contributed by atoms with Gasteiger partial charge in [-0.2, -0.15) is 0 Å². The van der Waals surface area contributed by atoms with Gasteiger partial charge in [0.1, 0.15) is 5.52 Å². The molecule has 1 N–H and O–H groups in total. The number of nitrogens with zero attached hydrogens (tertiary/aromatic N) is 1. The number of hydrogen-bond acceptors (Lipinski definition) is 4. The van der Waals surface area contributed by atoms with Crippen LogP contribution in [0.15, 0.2) is 33.9 Å². The fraction of sp³-hybridized carbons (Fsp3) is 0.385. The Morgan fingerprint density at radius 3 is 3.00 bits per heavy atom. The number of oxazole rings is 1. The van der Waals surface area contributed by atoms with Gasteiger partial charge in [0.2, 0.25) is 5.91 Å². The van der Waals surface area contributed by atoms with E-state index in [1.165, 1.54) is 11.8 Å². The van der Waals surface area contributed by atoms with Crippen molar-refractivity contribution in [1.82, 2.24) is 10.3 Å². The lowest BCUT2D eigenvalue weighted by molar-refractivity contribution is -0.119. The predicted molar refractivity (Wildman–Crippen MR) is 72.6 cm³/mol. The Labute approximate surface area is 110 Å². The first kappa shape index (κ1) is 13.0. The van der Waals surface area contributed by atoms with Crippen LogP contribution in [0.4, 0.5) is 0 Å². The summed E-state index contributed by atoms with van der Waals surface area (Å²) in [6.45, 7) is 4.03. The third-order valence-corrected chi connectivity index (χ3v) is 3.45. The highest BCUT2D eigenvalue weighted by atomic mass is 32.2. The second-order valence-electron chi connectivity index (χ2n) is 4.11.